The van der Waals surface area contributed by atoms with Crippen LogP contribution in [-0.4, -0.2) is 49.4 Å². The van der Waals surface area contributed by atoms with Crippen molar-refractivity contribution < 1.29 is 14.6 Å². The molecule has 0 aromatic rings. The Labute approximate surface area is 89.4 Å². The fourth-order valence-corrected chi connectivity index (χ4v) is 1.93. The van der Waals surface area contributed by atoms with E-state index in [-0.39, 0.29) is 18.6 Å². The molecule has 84 valence electrons. The van der Waals surface area contributed by atoms with E-state index in [1.807, 2.05) is 0 Å². The first kappa shape index (κ1) is 13.7. The van der Waals surface area contributed by atoms with Gasteiger partial charge in [0.1, 0.15) is 6.04 Å². The van der Waals surface area contributed by atoms with E-state index in [0.29, 0.717) is 0 Å². The molecule has 0 aliphatic rings. The van der Waals surface area contributed by atoms with Gasteiger partial charge in [0.15, 0.2) is 0 Å². The zero-order valence-electron chi connectivity index (χ0n) is 8.78. The summed E-state index contributed by atoms with van der Waals surface area (Å²) in [7, 11) is 3.14. The second kappa shape index (κ2) is 9.30. The zero-order chi connectivity index (χ0) is 10.8. The molecule has 0 heterocycles. The van der Waals surface area contributed by atoms with Crippen LogP contribution in [0.1, 0.15) is 12.8 Å². The number of rotatable bonds is 8. The van der Waals surface area contributed by atoms with Gasteiger partial charge >= 0.3 is 5.97 Å². The van der Waals surface area contributed by atoms with Gasteiger partial charge in [-0.15, -0.1) is 0 Å². The van der Waals surface area contributed by atoms with E-state index in [4.69, 9.17) is 5.11 Å². The Morgan fingerprint density at radius 3 is 2.79 bits per heavy atom. The smallest absolute Gasteiger partial charge is 0.322 e. The van der Waals surface area contributed by atoms with E-state index in [9.17, 15) is 4.79 Å². The molecule has 0 spiro atoms. The van der Waals surface area contributed by atoms with Crippen molar-refractivity contribution in [3.8, 4) is 0 Å². The zero-order valence-corrected chi connectivity index (χ0v) is 9.60. The predicted molar refractivity (Wildman–Crippen MR) is 58.5 cm³/mol. The maximum absolute atomic E-state index is 11.1. The number of aliphatic hydroxyl groups is 1. The molecule has 4 nitrogen and oxygen atoms in total. The maximum atomic E-state index is 11.1. The molecular formula is C9H19NO3S. The number of hydrogen-bond donors (Lipinski definition) is 2. The molecular weight excluding hydrogens is 202 g/mol. The summed E-state index contributed by atoms with van der Waals surface area (Å²) in [4.78, 5) is 11.1. The summed E-state index contributed by atoms with van der Waals surface area (Å²) in [6.45, 7) is 0.236. The summed E-state index contributed by atoms with van der Waals surface area (Å²) < 4.78 is 4.63. The van der Waals surface area contributed by atoms with Crippen LogP contribution >= 0.6 is 11.8 Å². The van der Waals surface area contributed by atoms with Crippen LogP contribution in [0.3, 0.4) is 0 Å². The van der Waals surface area contributed by atoms with Crippen LogP contribution in [0.25, 0.3) is 0 Å². The van der Waals surface area contributed by atoms with Gasteiger partial charge in [0.25, 0.3) is 0 Å². The molecule has 0 rings (SSSR count). The van der Waals surface area contributed by atoms with Gasteiger partial charge in [0.05, 0.1) is 7.11 Å². The van der Waals surface area contributed by atoms with Gasteiger partial charge in [0.2, 0.25) is 0 Å². The van der Waals surface area contributed by atoms with E-state index in [2.05, 4.69) is 10.1 Å². The number of ether oxygens (including phenoxy) is 1. The molecule has 14 heavy (non-hydrogen) atoms. The van der Waals surface area contributed by atoms with Crippen LogP contribution in [0.4, 0.5) is 0 Å². The third-order valence-corrected chi connectivity index (χ3v) is 2.93. The van der Waals surface area contributed by atoms with E-state index >= 15 is 0 Å². The Kier molecular flexibility index (Phi) is 9.13. The lowest BCUT2D eigenvalue weighted by atomic mass is 10.2. The highest BCUT2D eigenvalue weighted by Gasteiger charge is 2.15. The molecule has 0 saturated heterocycles. The normalized spacial score (nSPS) is 12.5. The Morgan fingerprint density at radius 1 is 1.57 bits per heavy atom. The van der Waals surface area contributed by atoms with Crippen LogP contribution < -0.4 is 5.32 Å². The number of nitrogens with one attached hydrogen (secondary N) is 1. The number of likely N-dealkylation sites (N-methyl/N-ethyl adjacent to an activating group) is 1. The quantitative estimate of drug-likeness (QED) is 0.454. The second-order valence-electron chi connectivity index (χ2n) is 2.84. The first-order valence-corrected chi connectivity index (χ1v) is 5.85. The predicted octanol–water partition coefficient (Wildman–Crippen LogP) is 0.253. The monoisotopic (exact) mass is 221 g/mol. The average Bonchev–Trinajstić information content (AvgIpc) is 2.22. The lowest BCUT2D eigenvalue weighted by Crippen LogP contribution is -2.35. The highest BCUT2D eigenvalue weighted by Crippen LogP contribution is 2.07. The first-order chi connectivity index (χ1) is 6.76. The van der Waals surface area contributed by atoms with Crippen molar-refractivity contribution in [1.29, 1.82) is 0 Å². The van der Waals surface area contributed by atoms with Crippen molar-refractivity contribution in [3.63, 3.8) is 0 Å². The van der Waals surface area contributed by atoms with E-state index in [1.54, 1.807) is 18.8 Å². The van der Waals surface area contributed by atoms with Crippen molar-refractivity contribution in [2.24, 2.45) is 0 Å². The summed E-state index contributed by atoms with van der Waals surface area (Å²) in [5, 5.41) is 11.5. The van der Waals surface area contributed by atoms with Crippen molar-refractivity contribution in [3.05, 3.63) is 0 Å². The molecule has 1 atom stereocenters. The van der Waals surface area contributed by atoms with E-state index in [0.717, 1.165) is 24.3 Å². The number of hydrogen-bond acceptors (Lipinski definition) is 5. The maximum Gasteiger partial charge on any atom is 0.322 e. The van der Waals surface area contributed by atoms with Crippen LogP contribution in [0, 0.1) is 0 Å². The van der Waals surface area contributed by atoms with Gasteiger partial charge < -0.3 is 15.2 Å². The summed E-state index contributed by atoms with van der Waals surface area (Å²) in [6, 6.07) is -0.207. The van der Waals surface area contributed by atoms with Gasteiger partial charge in [-0.3, -0.25) is 4.79 Å². The first-order valence-electron chi connectivity index (χ1n) is 4.70. The lowest BCUT2D eigenvalue weighted by Gasteiger charge is -2.12. The molecule has 0 radical (unpaired) electrons. The lowest BCUT2D eigenvalue weighted by molar-refractivity contribution is -0.143. The van der Waals surface area contributed by atoms with Crippen LogP contribution in [0.15, 0.2) is 0 Å². The molecule has 0 aromatic carbocycles. The molecule has 1 unspecified atom stereocenters. The largest absolute Gasteiger partial charge is 0.468 e. The molecule has 0 saturated carbocycles. The van der Waals surface area contributed by atoms with Gasteiger partial charge in [-0.1, -0.05) is 0 Å². The minimum atomic E-state index is -0.213. The molecule has 0 aromatic heterocycles. The van der Waals surface area contributed by atoms with Crippen LogP contribution in [0.5, 0.6) is 0 Å². The molecule has 5 heteroatoms. The number of methoxy groups -OCH3 is 1. The van der Waals surface area contributed by atoms with Gasteiger partial charge in [-0.2, -0.15) is 11.8 Å². The molecule has 0 bridgehead atoms. The number of carbonyl (C=O) groups is 1. The third-order valence-electron chi connectivity index (χ3n) is 1.83. The summed E-state index contributed by atoms with van der Waals surface area (Å²) in [5.74, 6) is 1.63. The van der Waals surface area contributed by atoms with Crippen molar-refractivity contribution in [2.45, 2.75) is 18.9 Å². The van der Waals surface area contributed by atoms with Crippen molar-refractivity contribution in [1.82, 2.24) is 5.32 Å². The van der Waals surface area contributed by atoms with E-state index in [1.165, 1.54) is 7.11 Å². The Bertz CT molecular complexity index is 155. The van der Waals surface area contributed by atoms with Crippen molar-refractivity contribution in [2.75, 3.05) is 32.3 Å². The standard InChI is InChI=1S/C9H19NO3S/c1-10-8(9(12)13-2)4-7-14-6-3-5-11/h8,10-11H,3-7H2,1-2H3. The summed E-state index contributed by atoms with van der Waals surface area (Å²) in [6.07, 6.45) is 1.58. The summed E-state index contributed by atoms with van der Waals surface area (Å²) >= 11 is 1.74. The Morgan fingerprint density at radius 2 is 2.29 bits per heavy atom. The molecule has 2 N–H and O–H groups in total. The number of thioether (sulfide) groups is 1. The number of carbonyl (C=O) groups excluding carboxylic acids is 1. The van der Waals surface area contributed by atoms with E-state index < -0.39 is 0 Å². The van der Waals surface area contributed by atoms with Gasteiger partial charge in [0, 0.05) is 6.61 Å². The minimum absolute atomic E-state index is 0.207. The Hall–Kier alpha value is -0.260. The number of aliphatic hydroxyl groups excluding tert-OH is 1. The fourth-order valence-electron chi connectivity index (χ4n) is 0.992. The van der Waals surface area contributed by atoms with Crippen LogP contribution in [-0.2, 0) is 9.53 Å². The second-order valence-corrected chi connectivity index (χ2v) is 4.07. The third kappa shape index (κ3) is 6.23. The topological polar surface area (TPSA) is 58.6 Å². The number of esters is 1. The molecule has 0 aliphatic heterocycles. The van der Waals surface area contributed by atoms with Gasteiger partial charge in [-0.05, 0) is 31.4 Å². The minimum Gasteiger partial charge on any atom is -0.468 e. The summed E-state index contributed by atoms with van der Waals surface area (Å²) in [5.41, 5.74) is 0. The molecule has 0 fully saturated rings. The van der Waals surface area contributed by atoms with Gasteiger partial charge in [-0.25, -0.2) is 0 Å². The molecule has 0 aliphatic carbocycles. The molecule has 0 amide bonds. The Balaban J connectivity index is 3.48. The SMILES string of the molecule is CNC(CCSCCCO)C(=O)OC. The highest BCUT2D eigenvalue weighted by molar-refractivity contribution is 7.99. The highest BCUT2D eigenvalue weighted by atomic mass is 32.2. The van der Waals surface area contributed by atoms with Crippen LogP contribution in [0.2, 0.25) is 0 Å². The van der Waals surface area contributed by atoms with Crippen molar-refractivity contribution >= 4 is 17.7 Å². The average molecular weight is 221 g/mol. The fraction of sp³-hybridized carbons (Fsp3) is 0.889.